The fourth-order valence-corrected chi connectivity index (χ4v) is 5.02. The maximum absolute atomic E-state index is 13.3. The van der Waals surface area contributed by atoms with Gasteiger partial charge in [-0.2, -0.15) is 0 Å². The number of carbonyl (C=O) groups excluding carboxylic acids is 3. The van der Waals surface area contributed by atoms with Crippen molar-refractivity contribution in [1.82, 2.24) is 9.97 Å². The van der Waals surface area contributed by atoms with Gasteiger partial charge in [0.15, 0.2) is 16.6 Å². The van der Waals surface area contributed by atoms with Crippen LogP contribution < -0.4 is 14.4 Å². The molecule has 10 nitrogen and oxygen atoms in total. The van der Waals surface area contributed by atoms with Gasteiger partial charge in [-0.3, -0.25) is 19.5 Å². The van der Waals surface area contributed by atoms with Gasteiger partial charge in [-0.05, 0) is 42.8 Å². The molecular formula is C24H19N3O7S. The number of methoxy groups -OCH3 is 1. The highest BCUT2D eigenvalue weighted by atomic mass is 32.1. The third-order valence-corrected chi connectivity index (χ3v) is 6.78. The van der Waals surface area contributed by atoms with Gasteiger partial charge in [0.25, 0.3) is 5.78 Å². The summed E-state index contributed by atoms with van der Waals surface area (Å²) in [6.45, 7) is 2.37. The Kier molecular flexibility index (Phi) is 5.69. The predicted molar refractivity (Wildman–Crippen MR) is 125 cm³/mol. The van der Waals surface area contributed by atoms with Gasteiger partial charge >= 0.3 is 11.9 Å². The van der Waals surface area contributed by atoms with Gasteiger partial charge in [0.2, 0.25) is 0 Å². The number of anilines is 1. The van der Waals surface area contributed by atoms with Crippen molar-refractivity contribution in [2.24, 2.45) is 0 Å². The number of benzene rings is 1. The molecule has 0 bridgehead atoms. The number of aliphatic hydroxyl groups is 1. The van der Waals surface area contributed by atoms with E-state index in [1.165, 1.54) is 24.4 Å². The summed E-state index contributed by atoms with van der Waals surface area (Å²) in [5.74, 6) is -1.78. The fourth-order valence-electron chi connectivity index (χ4n) is 4.00. The molecule has 1 amide bonds. The molecule has 5 rings (SSSR count). The number of aromatic nitrogens is 2. The number of aliphatic hydroxyl groups excluding tert-OH is 1. The largest absolute Gasteiger partial charge is 0.507 e. The summed E-state index contributed by atoms with van der Waals surface area (Å²) >= 11 is 0.933. The van der Waals surface area contributed by atoms with Gasteiger partial charge in [-0.25, -0.2) is 9.78 Å². The summed E-state index contributed by atoms with van der Waals surface area (Å²) in [6, 6.07) is 7.06. The minimum absolute atomic E-state index is 0.120. The smallest absolute Gasteiger partial charge is 0.350 e. The number of hydrogen-bond donors (Lipinski definition) is 1. The number of Topliss-reactive ketones (excluding diaryl/α,β-unsaturated/α-hetero) is 1. The quantitative estimate of drug-likeness (QED) is 0.252. The van der Waals surface area contributed by atoms with Crippen molar-refractivity contribution in [3.63, 3.8) is 0 Å². The third kappa shape index (κ3) is 3.79. The minimum Gasteiger partial charge on any atom is -0.507 e. The molecule has 0 radical (unpaired) electrons. The van der Waals surface area contributed by atoms with Gasteiger partial charge in [0.1, 0.15) is 23.9 Å². The Hall–Kier alpha value is -4.25. The van der Waals surface area contributed by atoms with Crippen LogP contribution in [0.25, 0.3) is 5.76 Å². The normalized spacial score (nSPS) is 18.6. The zero-order valence-corrected chi connectivity index (χ0v) is 19.5. The number of ether oxygens (including phenoxy) is 3. The first-order valence-electron chi connectivity index (χ1n) is 10.6. The fraction of sp³-hybridized carbons (Fsp3) is 0.208. The SMILES string of the molecule is COC(=O)c1sc(N2C(=O)C(=O)C(=C(O)c3ccc4c(c3)OCCO4)C2c2ccncc2)nc1C. The number of pyridine rings is 1. The Bertz CT molecular complexity index is 1380. The number of hydrogen-bond acceptors (Lipinski definition) is 10. The van der Waals surface area contributed by atoms with Crippen molar-refractivity contribution in [3.05, 3.63) is 70.0 Å². The van der Waals surface area contributed by atoms with Gasteiger partial charge in [0, 0.05) is 18.0 Å². The molecule has 3 aromatic rings. The van der Waals surface area contributed by atoms with Crippen LogP contribution in [0, 0.1) is 6.92 Å². The summed E-state index contributed by atoms with van der Waals surface area (Å²) in [7, 11) is 1.25. The first kappa shape index (κ1) is 22.5. The monoisotopic (exact) mass is 493 g/mol. The van der Waals surface area contributed by atoms with Crippen LogP contribution in [0.5, 0.6) is 11.5 Å². The third-order valence-electron chi connectivity index (χ3n) is 5.64. The highest BCUT2D eigenvalue weighted by molar-refractivity contribution is 7.17. The van der Waals surface area contributed by atoms with E-state index >= 15 is 0 Å². The Balaban J connectivity index is 1.67. The number of carbonyl (C=O) groups is 3. The molecule has 35 heavy (non-hydrogen) atoms. The summed E-state index contributed by atoms with van der Waals surface area (Å²) < 4.78 is 15.9. The Morgan fingerprint density at radius 3 is 2.57 bits per heavy atom. The second-order valence-electron chi connectivity index (χ2n) is 7.71. The van der Waals surface area contributed by atoms with Crippen molar-refractivity contribution < 1.29 is 33.7 Å². The average Bonchev–Trinajstić information content (AvgIpc) is 3.40. The van der Waals surface area contributed by atoms with Gasteiger partial charge in [-0.1, -0.05) is 11.3 Å². The molecule has 2 aromatic heterocycles. The molecule has 0 saturated carbocycles. The second kappa shape index (κ2) is 8.84. The van der Waals surface area contributed by atoms with Crippen LogP contribution in [0.15, 0.2) is 48.3 Å². The van der Waals surface area contributed by atoms with Crippen LogP contribution in [0.1, 0.15) is 32.5 Å². The van der Waals surface area contributed by atoms with E-state index in [1.54, 1.807) is 37.3 Å². The standard InChI is InChI=1S/C24H19N3O7S/c1-12-21(23(31)32-2)35-24(26-12)27-18(13-5-7-25-8-6-13)17(20(29)22(27)30)19(28)14-3-4-15-16(11-14)34-10-9-33-15/h3-8,11,18,28H,9-10H2,1-2H3. The van der Waals surface area contributed by atoms with E-state index in [0.717, 1.165) is 11.3 Å². The van der Waals surface area contributed by atoms with E-state index in [0.29, 0.717) is 36.0 Å². The van der Waals surface area contributed by atoms with Gasteiger partial charge in [0.05, 0.1) is 24.4 Å². The van der Waals surface area contributed by atoms with E-state index in [1.807, 2.05) is 0 Å². The lowest BCUT2D eigenvalue weighted by Crippen LogP contribution is -2.29. The summed E-state index contributed by atoms with van der Waals surface area (Å²) in [4.78, 5) is 48.4. The first-order valence-corrected chi connectivity index (χ1v) is 11.4. The van der Waals surface area contributed by atoms with Crippen LogP contribution in [0.4, 0.5) is 5.13 Å². The number of esters is 1. The lowest BCUT2D eigenvalue weighted by atomic mass is 9.96. The van der Waals surface area contributed by atoms with Crippen LogP contribution in [0.3, 0.4) is 0 Å². The predicted octanol–water partition coefficient (Wildman–Crippen LogP) is 3.03. The number of nitrogens with zero attached hydrogens (tertiary/aromatic N) is 3. The Morgan fingerprint density at radius 2 is 1.86 bits per heavy atom. The van der Waals surface area contributed by atoms with E-state index in [4.69, 9.17) is 14.2 Å². The van der Waals surface area contributed by atoms with Crippen molar-refractivity contribution in [2.75, 3.05) is 25.2 Å². The lowest BCUT2D eigenvalue weighted by Gasteiger charge is -2.23. The molecule has 1 fully saturated rings. The number of amides is 1. The van der Waals surface area contributed by atoms with Crippen LogP contribution >= 0.6 is 11.3 Å². The molecule has 1 saturated heterocycles. The molecule has 1 aromatic carbocycles. The van der Waals surface area contributed by atoms with Crippen molar-refractivity contribution >= 4 is 39.9 Å². The van der Waals surface area contributed by atoms with E-state index < -0.39 is 23.7 Å². The molecule has 11 heteroatoms. The summed E-state index contributed by atoms with van der Waals surface area (Å²) in [5, 5.41) is 11.4. The van der Waals surface area contributed by atoms with E-state index in [-0.39, 0.29) is 26.9 Å². The second-order valence-corrected chi connectivity index (χ2v) is 8.69. The van der Waals surface area contributed by atoms with Crippen LogP contribution in [0.2, 0.25) is 0 Å². The highest BCUT2D eigenvalue weighted by Gasteiger charge is 2.48. The van der Waals surface area contributed by atoms with Gasteiger partial charge in [-0.15, -0.1) is 0 Å². The zero-order chi connectivity index (χ0) is 24.7. The van der Waals surface area contributed by atoms with E-state index in [2.05, 4.69) is 9.97 Å². The molecule has 4 heterocycles. The number of thiazole rings is 1. The zero-order valence-electron chi connectivity index (χ0n) is 18.7. The molecular weight excluding hydrogens is 474 g/mol. The number of rotatable bonds is 4. The minimum atomic E-state index is -0.998. The molecule has 1 atom stereocenters. The molecule has 1 unspecified atom stereocenters. The molecule has 2 aliphatic heterocycles. The lowest BCUT2D eigenvalue weighted by molar-refractivity contribution is -0.132. The van der Waals surface area contributed by atoms with Crippen LogP contribution in [-0.4, -0.2) is 53.1 Å². The molecule has 0 aliphatic carbocycles. The molecule has 2 aliphatic rings. The summed E-state index contributed by atoms with van der Waals surface area (Å²) in [5.41, 5.74) is 1.06. The summed E-state index contributed by atoms with van der Waals surface area (Å²) in [6.07, 6.45) is 3.04. The topological polar surface area (TPSA) is 128 Å². The molecule has 178 valence electrons. The van der Waals surface area contributed by atoms with E-state index in [9.17, 15) is 19.5 Å². The highest BCUT2D eigenvalue weighted by Crippen LogP contribution is 2.44. The van der Waals surface area contributed by atoms with Crippen molar-refractivity contribution in [1.29, 1.82) is 0 Å². The maximum Gasteiger partial charge on any atom is 0.350 e. The maximum atomic E-state index is 13.3. The number of aryl methyl sites for hydroxylation is 1. The number of ketones is 1. The van der Waals surface area contributed by atoms with Crippen molar-refractivity contribution in [3.8, 4) is 11.5 Å². The molecule has 0 spiro atoms. The Labute approximate surface area is 203 Å². The average molecular weight is 493 g/mol. The molecule has 1 N–H and O–H groups in total. The Morgan fingerprint density at radius 1 is 1.14 bits per heavy atom. The number of fused-ring (bicyclic) bond motifs is 1. The van der Waals surface area contributed by atoms with Gasteiger partial charge < -0.3 is 19.3 Å². The van der Waals surface area contributed by atoms with Crippen LogP contribution in [-0.2, 0) is 14.3 Å². The first-order chi connectivity index (χ1) is 16.9. The van der Waals surface area contributed by atoms with Crippen molar-refractivity contribution in [2.45, 2.75) is 13.0 Å².